The molecule has 0 aromatic heterocycles. The van der Waals surface area contributed by atoms with Crippen molar-refractivity contribution in [3.8, 4) is 5.75 Å². The van der Waals surface area contributed by atoms with E-state index in [1.807, 2.05) is 68.5 Å². The Morgan fingerprint density at radius 2 is 1.96 bits per heavy atom. The van der Waals surface area contributed by atoms with Gasteiger partial charge in [-0.15, -0.1) is 0 Å². The second-order valence-corrected chi connectivity index (χ2v) is 7.27. The van der Waals surface area contributed by atoms with Gasteiger partial charge < -0.3 is 4.74 Å². The van der Waals surface area contributed by atoms with Crippen LogP contribution in [0.4, 0.5) is 5.69 Å². The van der Waals surface area contributed by atoms with Crippen molar-refractivity contribution in [2.75, 3.05) is 13.2 Å². The third kappa shape index (κ3) is 4.61. The Kier molecular flexibility index (Phi) is 6.35. The van der Waals surface area contributed by atoms with E-state index in [1.165, 1.54) is 11.8 Å². The molecule has 0 N–H and O–H groups in total. The van der Waals surface area contributed by atoms with Crippen LogP contribution in [0.15, 0.2) is 58.4 Å². The number of hydrogen-bond acceptors (Lipinski definition) is 4. The highest BCUT2D eigenvalue weighted by Gasteiger charge is 2.32. The third-order valence-corrected chi connectivity index (χ3v) is 5.17. The van der Waals surface area contributed by atoms with Crippen molar-refractivity contribution in [2.24, 2.45) is 4.99 Å². The molecule has 4 nitrogen and oxygen atoms in total. The number of rotatable bonds is 6. The molecular weight excluding hydrogens is 356 g/mol. The van der Waals surface area contributed by atoms with Gasteiger partial charge in [-0.3, -0.25) is 9.69 Å². The molecule has 0 unspecified atom stereocenters. The first-order chi connectivity index (χ1) is 13.1. The Morgan fingerprint density at radius 1 is 1.15 bits per heavy atom. The minimum atomic E-state index is -0.00489. The molecule has 0 saturated carbocycles. The lowest BCUT2D eigenvalue weighted by atomic mass is 10.2. The van der Waals surface area contributed by atoms with Crippen molar-refractivity contribution < 1.29 is 9.53 Å². The highest BCUT2D eigenvalue weighted by atomic mass is 32.2. The molecule has 1 aliphatic rings. The zero-order valence-electron chi connectivity index (χ0n) is 15.9. The minimum absolute atomic E-state index is 0.00489. The number of carbonyl (C=O) groups is 1. The quantitative estimate of drug-likeness (QED) is 0.630. The van der Waals surface area contributed by atoms with E-state index >= 15 is 0 Å². The maximum atomic E-state index is 12.8. The molecule has 5 heteroatoms. The van der Waals surface area contributed by atoms with E-state index in [4.69, 9.17) is 9.73 Å². The van der Waals surface area contributed by atoms with Gasteiger partial charge in [0.05, 0.1) is 17.2 Å². The zero-order chi connectivity index (χ0) is 19.2. The molecule has 1 heterocycles. The van der Waals surface area contributed by atoms with Gasteiger partial charge in [-0.05, 0) is 67.4 Å². The molecule has 0 bridgehead atoms. The summed E-state index contributed by atoms with van der Waals surface area (Å²) < 4.78 is 5.69. The van der Waals surface area contributed by atoms with Gasteiger partial charge in [0.15, 0.2) is 5.17 Å². The number of thioether (sulfide) groups is 1. The number of amidine groups is 1. The second-order valence-electron chi connectivity index (χ2n) is 6.26. The van der Waals surface area contributed by atoms with Crippen LogP contribution in [0.1, 0.15) is 31.4 Å². The van der Waals surface area contributed by atoms with Crippen LogP contribution in [-0.2, 0) is 4.79 Å². The van der Waals surface area contributed by atoms with E-state index in [-0.39, 0.29) is 5.91 Å². The molecule has 2 aromatic carbocycles. The number of benzene rings is 2. The number of nitrogens with zero attached hydrogens (tertiary/aromatic N) is 2. The lowest BCUT2D eigenvalue weighted by Gasteiger charge is -2.12. The van der Waals surface area contributed by atoms with Crippen LogP contribution in [0, 0.1) is 6.92 Å². The number of carbonyl (C=O) groups excluding carboxylic acids is 1. The number of likely N-dealkylation sites (N-methyl/N-ethyl adjacent to an activating group) is 1. The molecule has 1 amide bonds. The van der Waals surface area contributed by atoms with Gasteiger partial charge >= 0.3 is 0 Å². The highest BCUT2D eigenvalue weighted by molar-refractivity contribution is 8.18. The lowest BCUT2D eigenvalue weighted by molar-refractivity contribution is -0.122. The lowest BCUT2D eigenvalue weighted by Crippen LogP contribution is -2.28. The number of ether oxygens (including phenoxy) is 1. The second kappa shape index (κ2) is 8.91. The van der Waals surface area contributed by atoms with Crippen LogP contribution < -0.4 is 4.74 Å². The van der Waals surface area contributed by atoms with Gasteiger partial charge in [0.2, 0.25) is 0 Å². The molecular formula is C22H24N2O2S. The maximum Gasteiger partial charge on any atom is 0.266 e. The number of amides is 1. The fourth-order valence-corrected chi connectivity index (χ4v) is 3.78. The van der Waals surface area contributed by atoms with Crippen LogP contribution >= 0.6 is 11.8 Å². The average Bonchev–Trinajstić information content (AvgIpc) is 2.96. The topological polar surface area (TPSA) is 41.9 Å². The van der Waals surface area contributed by atoms with E-state index in [9.17, 15) is 4.79 Å². The number of para-hydroxylation sites is 1. The molecule has 0 atom stereocenters. The summed E-state index contributed by atoms with van der Waals surface area (Å²) >= 11 is 1.42. The first-order valence-corrected chi connectivity index (χ1v) is 10.0. The molecule has 1 aliphatic heterocycles. The summed E-state index contributed by atoms with van der Waals surface area (Å²) in [4.78, 5) is 19.9. The molecule has 1 saturated heterocycles. The van der Waals surface area contributed by atoms with E-state index in [0.717, 1.165) is 34.2 Å². The summed E-state index contributed by atoms with van der Waals surface area (Å²) in [7, 11) is 0. The molecule has 2 aromatic rings. The van der Waals surface area contributed by atoms with E-state index in [0.29, 0.717) is 18.1 Å². The third-order valence-electron chi connectivity index (χ3n) is 4.16. The fourth-order valence-electron chi connectivity index (χ4n) is 2.73. The van der Waals surface area contributed by atoms with Gasteiger partial charge in [0.1, 0.15) is 5.75 Å². The predicted molar refractivity (Wildman–Crippen MR) is 113 cm³/mol. The molecule has 140 valence electrons. The van der Waals surface area contributed by atoms with Crippen LogP contribution in [0.2, 0.25) is 0 Å². The van der Waals surface area contributed by atoms with E-state index in [2.05, 4.69) is 6.92 Å². The molecule has 3 rings (SSSR count). The van der Waals surface area contributed by atoms with Crippen LogP contribution in [0.5, 0.6) is 5.75 Å². The van der Waals surface area contributed by atoms with Gasteiger partial charge in [0.25, 0.3) is 5.91 Å². The van der Waals surface area contributed by atoms with Crippen molar-refractivity contribution in [3.05, 3.63) is 64.6 Å². The highest BCUT2D eigenvalue weighted by Crippen LogP contribution is 2.34. The van der Waals surface area contributed by atoms with Crippen molar-refractivity contribution >= 4 is 34.6 Å². The Hall–Kier alpha value is -2.53. The van der Waals surface area contributed by atoms with Gasteiger partial charge in [-0.2, -0.15) is 0 Å². The van der Waals surface area contributed by atoms with Gasteiger partial charge in [-0.25, -0.2) is 4.99 Å². The zero-order valence-corrected chi connectivity index (χ0v) is 16.8. The standard InChI is InChI=1S/C22H24N2O2S/c1-4-13-26-18-11-8-10-17(14-18)15-20-21(25)24(5-2)22(27-20)23-19-12-7-6-9-16(19)3/h6-12,14-15H,4-5,13H2,1-3H3/b20-15+,23-22?. The maximum absolute atomic E-state index is 12.8. The molecule has 0 radical (unpaired) electrons. The summed E-state index contributed by atoms with van der Waals surface area (Å²) in [6.45, 7) is 7.34. The van der Waals surface area contributed by atoms with E-state index < -0.39 is 0 Å². The van der Waals surface area contributed by atoms with Gasteiger partial charge in [-0.1, -0.05) is 37.3 Å². The summed E-state index contributed by atoms with van der Waals surface area (Å²) in [5.41, 5.74) is 2.93. The smallest absolute Gasteiger partial charge is 0.266 e. The summed E-state index contributed by atoms with van der Waals surface area (Å²) in [5, 5.41) is 0.724. The summed E-state index contributed by atoms with van der Waals surface area (Å²) in [6.07, 6.45) is 2.87. The van der Waals surface area contributed by atoms with Crippen LogP contribution in [-0.4, -0.2) is 29.1 Å². The number of aliphatic imine (C=N–C) groups is 1. The van der Waals surface area contributed by atoms with Crippen LogP contribution in [0.25, 0.3) is 6.08 Å². The molecule has 0 spiro atoms. The minimum Gasteiger partial charge on any atom is -0.494 e. The summed E-state index contributed by atoms with van der Waals surface area (Å²) in [6, 6.07) is 15.8. The van der Waals surface area contributed by atoms with Gasteiger partial charge in [0, 0.05) is 6.54 Å². The first-order valence-electron chi connectivity index (χ1n) is 9.21. The van der Waals surface area contributed by atoms with Crippen LogP contribution in [0.3, 0.4) is 0 Å². The Labute approximate surface area is 164 Å². The Balaban J connectivity index is 1.88. The first kappa shape index (κ1) is 19.2. The largest absolute Gasteiger partial charge is 0.494 e. The van der Waals surface area contributed by atoms with E-state index in [1.54, 1.807) is 4.90 Å². The number of hydrogen-bond donors (Lipinski definition) is 0. The normalized spacial score (nSPS) is 17.1. The predicted octanol–water partition coefficient (Wildman–Crippen LogP) is 5.41. The average molecular weight is 381 g/mol. The molecule has 1 fully saturated rings. The van der Waals surface area contributed by atoms with Crippen molar-refractivity contribution in [3.63, 3.8) is 0 Å². The van der Waals surface area contributed by atoms with Crippen molar-refractivity contribution in [1.29, 1.82) is 0 Å². The fraction of sp³-hybridized carbons (Fsp3) is 0.273. The monoisotopic (exact) mass is 380 g/mol. The molecule has 27 heavy (non-hydrogen) atoms. The number of aryl methyl sites for hydroxylation is 1. The van der Waals surface area contributed by atoms with Crippen molar-refractivity contribution in [1.82, 2.24) is 4.90 Å². The Bertz CT molecular complexity index is 889. The Morgan fingerprint density at radius 3 is 2.70 bits per heavy atom. The molecule has 0 aliphatic carbocycles. The SMILES string of the molecule is CCCOc1cccc(/C=C2/SC(=Nc3ccccc3C)N(CC)C2=O)c1. The van der Waals surface area contributed by atoms with Crippen molar-refractivity contribution in [2.45, 2.75) is 27.2 Å². The summed E-state index contributed by atoms with van der Waals surface area (Å²) in [5.74, 6) is 0.817.